The average Bonchev–Trinajstić information content (AvgIpc) is 2.15. The molecule has 1 rings (SSSR count). The molecule has 0 saturated heterocycles. The first-order valence-electron chi connectivity index (χ1n) is 4.28. The van der Waals surface area contributed by atoms with E-state index in [-0.39, 0.29) is 0 Å². The van der Waals surface area contributed by atoms with Gasteiger partial charge in [-0.15, -0.1) is 0 Å². The van der Waals surface area contributed by atoms with E-state index >= 15 is 0 Å². The molecule has 0 aliphatic carbocycles. The molecule has 1 aromatic rings. The highest BCUT2D eigenvalue weighted by Crippen LogP contribution is 2.04. The molecule has 13 heavy (non-hydrogen) atoms. The molecule has 0 aliphatic rings. The Morgan fingerprint density at radius 2 is 1.85 bits per heavy atom. The summed E-state index contributed by atoms with van der Waals surface area (Å²) in [5, 5.41) is 0. The molecule has 0 fully saturated rings. The Hall–Kier alpha value is -0.670. The molecule has 0 aromatic heterocycles. The van der Waals surface area contributed by atoms with Crippen LogP contribution >= 0.6 is 0 Å². The van der Waals surface area contributed by atoms with Crippen molar-refractivity contribution in [2.45, 2.75) is 4.90 Å². The van der Waals surface area contributed by atoms with Crippen molar-refractivity contribution in [1.29, 1.82) is 0 Å². The Bertz CT molecular complexity index is 272. The minimum Gasteiger partial charge on any atom is -0.308 e. The van der Waals surface area contributed by atoms with Gasteiger partial charge in [-0.3, -0.25) is 4.21 Å². The van der Waals surface area contributed by atoms with Crippen LogP contribution < -0.4 is 0 Å². The Kier molecular flexibility index (Phi) is 4.12. The van der Waals surface area contributed by atoms with E-state index in [1.165, 1.54) is 0 Å². The normalized spacial score (nSPS) is 13.2. The first-order valence-corrected chi connectivity index (χ1v) is 5.60. The molecular formula is C10H15NOS. The summed E-state index contributed by atoms with van der Waals surface area (Å²) in [4.78, 5) is 2.96. The quantitative estimate of drug-likeness (QED) is 0.726. The first-order chi connectivity index (χ1) is 6.20. The van der Waals surface area contributed by atoms with E-state index in [2.05, 4.69) is 0 Å². The maximum atomic E-state index is 11.6. The largest absolute Gasteiger partial charge is 0.308 e. The van der Waals surface area contributed by atoms with Crippen molar-refractivity contribution in [3.05, 3.63) is 30.3 Å². The molecule has 0 saturated carbocycles. The zero-order chi connectivity index (χ0) is 9.68. The summed E-state index contributed by atoms with van der Waals surface area (Å²) in [5.74, 6) is 0.705. The summed E-state index contributed by atoms with van der Waals surface area (Å²) in [6, 6.07) is 9.59. The second kappa shape index (κ2) is 5.14. The zero-order valence-corrected chi connectivity index (χ0v) is 8.88. The molecule has 0 bridgehead atoms. The molecule has 0 heterocycles. The fourth-order valence-corrected chi connectivity index (χ4v) is 2.18. The maximum Gasteiger partial charge on any atom is 0.0542 e. The maximum absolute atomic E-state index is 11.6. The minimum atomic E-state index is -0.846. The molecule has 0 amide bonds. The summed E-state index contributed by atoms with van der Waals surface area (Å²) in [6.07, 6.45) is 0. The predicted octanol–water partition coefficient (Wildman–Crippen LogP) is 1.36. The van der Waals surface area contributed by atoms with Gasteiger partial charge in [0.15, 0.2) is 0 Å². The molecule has 0 radical (unpaired) electrons. The predicted molar refractivity (Wildman–Crippen MR) is 56.3 cm³/mol. The fourth-order valence-electron chi connectivity index (χ4n) is 0.956. The summed E-state index contributed by atoms with van der Waals surface area (Å²) in [7, 11) is 3.13. The third-order valence-electron chi connectivity index (χ3n) is 1.73. The molecular weight excluding hydrogens is 182 g/mol. The third-order valence-corrected chi connectivity index (χ3v) is 3.08. The molecule has 2 nitrogen and oxygen atoms in total. The summed E-state index contributed by atoms with van der Waals surface area (Å²) in [6.45, 7) is 0.863. The average molecular weight is 197 g/mol. The molecule has 3 heteroatoms. The van der Waals surface area contributed by atoms with Crippen LogP contribution in [0.4, 0.5) is 0 Å². The molecule has 0 spiro atoms. The van der Waals surface area contributed by atoms with Crippen LogP contribution in [0.3, 0.4) is 0 Å². The van der Waals surface area contributed by atoms with Crippen LogP contribution in [-0.4, -0.2) is 35.5 Å². The Balaban J connectivity index is 2.50. The van der Waals surface area contributed by atoms with E-state index in [0.29, 0.717) is 5.75 Å². The van der Waals surface area contributed by atoms with Crippen molar-refractivity contribution in [3.8, 4) is 0 Å². The topological polar surface area (TPSA) is 20.3 Å². The molecule has 1 aromatic carbocycles. The van der Waals surface area contributed by atoms with Crippen LogP contribution in [-0.2, 0) is 10.8 Å². The highest BCUT2D eigenvalue weighted by molar-refractivity contribution is 7.85. The molecule has 0 N–H and O–H groups in total. The van der Waals surface area contributed by atoms with Gasteiger partial charge in [-0.25, -0.2) is 0 Å². The van der Waals surface area contributed by atoms with Gasteiger partial charge in [-0.2, -0.15) is 0 Å². The molecule has 1 unspecified atom stereocenters. The monoisotopic (exact) mass is 197 g/mol. The standard InChI is InChI=1S/C10H15NOS/c1-11(2)8-9-13(12)10-6-4-3-5-7-10/h3-7H,8-9H2,1-2H3. The van der Waals surface area contributed by atoms with Gasteiger partial charge in [0, 0.05) is 17.2 Å². The lowest BCUT2D eigenvalue weighted by atomic mass is 10.4. The van der Waals surface area contributed by atoms with Gasteiger partial charge >= 0.3 is 0 Å². The van der Waals surface area contributed by atoms with E-state index < -0.39 is 10.8 Å². The first kappa shape index (κ1) is 10.4. The van der Waals surface area contributed by atoms with Crippen LogP contribution in [0, 0.1) is 0 Å². The number of hydrogen-bond acceptors (Lipinski definition) is 2. The van der Waals surface area contributed by atoms with E-state index in [0.717, 1.165) is 11.4 Å². The number of nitrogens with zero attached hydrogens (tertiary/aromatic N) is 1. The molecule has 0 aliphatic heterocycles. The Labute approximate surface area is 82.0 Å². The molecule has 72 valence electrons. The van der Waals surface area contributed by atoms with Crippen LogP contribution in [0.25, 0.3) is 0 Å². The Morgan fingerprint density at radius 3 is 2.38 bits per heavy atom. The fraction of sp³-hybridized carbons (Fsp3) is 0.400. The smallest absolute Gasteiger partial charge is 0.0542 e. The second-order valence-electron chi connectivity index (χ2n) is 3.17. The van der Waals surface area contributed by atoms with Crippen molar-refractivity contribution < 1.29 is 4.21 Å². The third kappa shape index (κ3) is 3.70. The van der Waals surface area contributed by atoms with Gasteiger partial charge in [0.05, 0.1) is 10.8 Å². The van der Waals surface area contributed by atoms with Crippen LogP contribution in [0.2, 0.25) is 0 Å². The SMILES string of the molecule is CN(C)CCS(=O)c1ccccc1. The van der Waals surface area contributed by atoms with E-state index in [1.807, 2.05) is 49.3 Å². The summed E-state index contributed by atoms with van der Waals surface area (Å²) in [5.41, 5.74) is 0. The van der Waals surface area contributed by atoms with Crippen molar-refractivity contribution in [1.82, 2.24) is 4.90 Å². The van der Waals surface area contributed by atoms with Crippen LogP contribution in [0.5, 0.6) is 0 Å². The summed E-state index contributed by atoms with van der Waals surface area (Å²) >= 11 is 0. The van der Waals surface area contributed by atoms with E-state index in [9.17, 15) is 4.21 Å². The summed E-state index contributed by atoms with van der Waals surface area (Å²) < 4.78 is 11.6. The van der Waals surface area contributed by atoms with E-state index in [1.54, 1.807) is 0 Å². The minimum absolute atomic E-state index is 0.705. The second-order valence-corrected chi connectivity index (χ2v) is 4.74. The highest BCUT2D eigenvalue weighted by atomic mass is 32.2. The number of hydrogen-bond donors (Lipinski definition) is 0. The van der Waals surface area contributed by atoms with Crippen molar-refractivity contribution >= 4 is 10.8 Å². The Morgan fingerprint density at radius 1 is 1.23 bits per heavy atom. The lowest BCUT2D eigenvalue weighted by Gasteiger charge is -2.08. The van der Waals surface area contributed by atoms with Gasteiger partial charge in [-0.05, 0) is 26.2 Å². The van der Waals surface area contributed by atoms with Gasteiger partial charge in [-0.1, -0.05) is 18.2 Å². The molecule has 1 atom stereocenters. The number of benzene rings is 1. The van der Waals surface area contributed by atoms with Gasteiger partial charge in [0.1, 0.15) is 0 Å². The van der Waals surface area contributed by atoms with Crippen LogP contribution in [0.1, 0.15) is 0 Å². The van der Waals surface area contributed by atoms with Gasteiger partial charge in [0.2, 0.25) is 0 Å². The lowest BCUT2D eigenvalue weighted by Crippen LogP contribution is -2.18. The van der Waals surface area contributed by atoms with Gasteiger partial charge in [0.25, 0.3) is 0 Å². The van der Waals surface area contributed by atoms with Crippen molar-refractivity contribution in [2.24, 2.45) is 0 Å². The van der Waals surface area contributed by atoms with Gasteiger partial charge < -0.3 is 4.90 Å². The van der Waals surface area contributed by atoms with E-state index in [4.69, 9.17) is 0 Å². The van der Waals surface area contributed by atoms with Crippen molar-refractivity contribution in [2.75, 3.05) is 26.4 Å². The number of rotatable bonds is 4. The van der Waals surface area contributed by atoms with Crippen molar-refractivity contribution in [3.63, 3.8) is 0 Å². The van der Waals surface area contributed by atoms with Crippen LogP contribution in [0.15, 0.2) is 35.2 Å². The zero-order valence-electron chi connectivity index (χ0n) is 8.06. The highest BCUT2D eigenvalue weighted by Gasteiger charge is 2.02. The lowest BCUT2D eigenvalue weighted by molar-refractivity contribution is 0.435.